The summed E-state index contributed by atoms with van der Waals surface area (Å²) in [7, 11) is 0.453. The Morgan fingerprint density at radius 1 is 1.43 bits per heavy atom. The number of rotatable bonds is 0. The highest BCUT2D eigenvalue weighted by Gasteiger charge is 2.04. The van der Waals surface area contributed by atoms with Crippen molar-refractivity contribution in [3.8, 4) is 0 Å². The van der Waals surface area contributed by atoms with E-state index in [1.165, 1.54) is 18.9 Å². The Labute approximate surface area is 64.9 Å². The third kappa shape index (κ3) is 3.40. The molecule has 0 aromatic heterocycles. The number of hydrogen-bond donors (Lipinski definition) is 0. The first-order valence-electron chi connectivity index (χ1n) is 2.82. The first kappa shape index (κ1) is 7.82. The Balaban J connectivity index is 0.000000360. The van der Waals surface area contributed by atoms with Crippen molar-refractivity contribution < 1.29 is 24.0 Å². The van der Waals surface area contributed by atoms with Crippen LogP contribution in [0.4, 0.5) is 0 Å². The van der Waals surface area contributed by atoms with Crippen LogP contribution in [0.1, 0.15) is 12.8 Å². The zero-order valence-corrected chi connectivity index (χ0v) is 8.06. The fraction of sp³-hybridized carbons (Fsp3) is 0.800. The molecule has 0 amide bonds. The van der Waals surface area contributed by atoms with E-state index in [1.807, 2.05) is 0 Å². The summed E-state index contributed by atoms with van der Waals surface area (Å²) in [6, 6.07) is 3.12. The summed E-state index contributed by atoms with van der Waals surface area (Å²) >= 11 is 0. The van der Waals surface area contributed by atoms with Crippen LogP contribution in [0.25, 0.3) is 0 Å². The van der Waals surface area contributed by atoms with Crippen molar-refractivity contribution in [2.24, 2.45) is 0 Å². The maximum Gasteiger partial charge on any atom is 0.0868 e. The van der Waals surface area contributed by atoms with Crippen molar-refractivity contribution in [1.29, 1.82) is 0 Å². The summed E-state index contributed by atoms with van der Waals surface area (Å²) in [5.74, 6) is 0. The summed E-state index contributed by atoms with van der Waals surface area (Å²) in [6.07, 6.45) is 5.37. The van der Waals surface area contributed by atoms with Crippen LogP contribution >= 0.6 is 0 Å². The number of hydrogen-bond acceptors (Lipinski definition) is 0. The standard InChI is InChI=1S/C5H11Si.HI/c1-2-4-6-5-3-1;/h2H,1,3-6H2;1H/q+1;/p-1. The van der Waals surface area contributed by atoms with E-state index in [2.05, 4.69) is 6.42 Å². The van der Waals surface area contributed by atoms with Crippen LogP contribution in [0, 0.1) is 6.42 Å². The van der Waals surface area contributed by atoms with Crippen molar-refractivity contribution >= 4 is 9.52 Å². The normalized spacial score (nSPS) is 22.9. The second-order valence-electron chi connectivity index (χ2n) is 1.93. The van der Waals surface area contributed by atoms with Gasteiger partial charge >= 0.3 is 0 Å². The van der Waals surface area contributed by atoms with Gasteiger partial charge in [-0.25, -0.2) is 0 Å². The highest BCUT2D eigenvalue weighted by Crippen LogP contribution is 2.09. The zero-order valence-electron chi connectivity index (χ0n) is 4.49. The predicted octanol–water partition coefficient (Wildman–Crippen LogP) is -2.01. The summed E-state index contributed by atoms with van der Waals surface area (Å²) in [5, 5.41) is 0. The monoisotopic (exact) mass is 226 g/mol. The maximum atomic E-state index is 2.45. The van der Waals surface area contributed by atoms with Gasteiger partial charge in [-0.2, -0.15) is 0 Å². The molecule has 0 aromatic rings. The van der Waals surface area contributed by atoms with Gasteiger partial charge in [-0.15, -0.1) is 0 Å². The van der Waals surface area contributed by atoms with Gasteiger partial charge in [0, 0.05) is 0 Å². The van der Waals surface area contributed by atoms with Crippen molar-refractivity contribution in [2.45, 2.75) is 24.9 Å². The molecule has 0 aliphatic carbocycles. The predicted molar refractivity (Wildman–Crippen MR) is 31.7 cm³/mol. The SMILES string of the molecule is [CH+]1CCC[SiH2]C1.[I-]. The van der Waals surface area contributed by atoms with Crippen LogP contribution in [0.2, 0.25) is 12.1 Å². The second kappa shape index (κ2) is 4.96. The van der Waals surface area contributed by atoms with Gasteiger partial charge in [0.15, 0.2) is 0 Å². The fourth-order valence-electron chi connectivity index (χ4n) is 0.898. The third-order valence-corrected chi connectivity index (χ3v) is 3.13. The molecule has 0 nitrogen and oxygen atoms in total. The molecule has 0 bridgehead atoms. The molecule has 42 valence electrons. The lowest BCUT2D eigenvalue weighted by atomic mass is 10.3. The molecule has 1 aliphatic rings. The van der Waals surface area contributed by atoms with E-state index in [4.69, 9.17) is 0 Å². The maximum absolute atomic E-state index is 2.45. The highest BCUT2D eigenvalue weighted by molar-refractivity contribution is 6.36. The highest BCUT2D eigenvalue weighted by atomic mass is 127. The lowest BCUT2D eigenvalue weighted by Gasteiger charge is -1.96. The van der Waals surface area contributed by atoms with Crippen molar-refractivity contribution in [2.75, 3.05) is 0 Å². The summed E-state index contributed by atoms with van der Waals surface area (Å²) < 4.78 is 0. The Kier molecular flexibility index (Phi) is 5.54. The molecule has 1 rings (SSSR count). The molecule has 0 aromatic carbocycles. The molecule has 1 saturated heterocycles. The smallest absolute Gasteiger partial charge is 0.0868 e. The van der Waals surface area contributed by atoms with Crippen LogP contribution in [0.3, 0.4) is 0 Å². The van der Waals surface area contributed by atoms with Gasteiger partial charge in [-0.3, -0.25) is 0 Å². The molecule has 1 aliphatic heterocycles. The third-order valence-electron chi connectivity index (χ3n) is 1.32. The van der Waals surface area contributed by atoms with Crippen molar-refractivity contribution in [1.82, 2.24) is 0 Å². The lowest BCUT2D eigenvalue weighted by molar-refractivity contribution is -0.00000123. The van der Waals surface area contributed by atoms with Gasteiger partial charge in [0.25, 0.3) is 0 Å². The van der Waals surface area contributed by atoms with E-state index in [9.17, 15) is 0 Å². The van der Waals surface area contributed by atoms with E-state index < -0.39 is 0 Å². The summed E-state index contributed by atoms with van der Waals surface area (Å²) in [5.41, 5.74) is 0. The van der Waals surface area contributed by atoms with E-state index in [1.54, 1.807) is 6.04 Å². The Hall–Kier alpha value is 0.817. The molecule has 0 N–H and O–H groups in total. The average Bonchev–Trinajstić information content (AvgIpc) is 1.72. The Morgan fingerprint density at radius 3 is 2.43 bits per heavy atom. The molecular formula is C5H11ISi. The van der Waals surface area contributed by atoms with E-state index in [-0.39, 0.29) is 24.0 Å². The first-order chi connectivity index (χ1) is 3.00. The molecule has 0 saturated carbocycles. The average molecular weight is 226 g/mol. The summed E-state index contributed by atoms with van der Waals surface area (Å²) in [6.45, 7) is 0. The lowest BCUT2D eigenvalue weighted by Crippen LogP contribution is -3.00. The molecule has 1 fully saturated rings. The van der Waals surface area contributed by atoms with Gasteiger partial charge < -0.3 is 24.0 Å². The van der Waals surface area contributed by atoms with Gasteiger partial charge in [0.1, 0.15) is 0 Å². The fourth-order valence-corrected chi connectivity index (χ4v) is 2.41. The first-order valence-corrected chi connectivity index (χ1v) is 4.82. The van der Waals surface area contributed by atoms with Crippen LogP contribution < -0.4 is 24.0 Å². The molecule has 7 heavy (non-hydrogen) atoms. The quantitative estimate of drug-likeness (QED) is 0.254. The minimum Gasteiger partial charge on any atom is -1.00 e. The van der Waals surface area contributed by atoms with Crippen LogP contribution in [0.15, 0.2) is 0 Å². The van der Waals surface area contributed by atoms with Gasteiger partial charge in [0.2, 0.25) is 0 Å². The number of halogens is 1. The molecule has 0 radical (unpaired) electrons. The second-order valence-corrected chi connectivity index (χ2v) is 3.92. The Morgan fingerprint density at radius 2 is 2.29 bits per heavy atom. The van der Waals surface area contributed by atoms with E-state index in [0.717, 1.165) is 0 Å². The van der Waals surface area contributed by atoms with Crippen molar-refractivity contribution in [3.05, 3.63) is 6.42 Å². The van der Waals surface area contributed by atoms with Crippen LogP contribution in [-0.4, -0.2) is 9.52 Å². The molecule has 1 heterocycles. The summed E-state index contributed by atoms with van der Waals surface area (Å²) in [4.78, 5) is 0. The molecule has 0 unspecified atom stereocenters. The van der Waals surface area contributed by atoms with Crippen molar-refractivity contribution in [3.63, 3.8) is 0 Å². The van der Waals surface area contributed by atoms with Gasteiger partial charge in [-0.05, 0) is 6.42 Å². The molecule has 0 spiro atoms. The molecule has 0 atom stereocenters. The topological polar surface area (TPSA) is 0 Å². The largest absolute Gasteiger partial charge is 1.00 e. The van der Waals surface area contributed by atoms with E-state index >= 15 is 0 Å². The Bertz CT molecular complexity index is 23.6. The van der Waals surface area contributed by atoms with E-state index in [0.29, 0.717) is 9.52 Å². The molecule has 2 heteroatoms. The van der Waals surface area contributed by atoms with Gasteiger partial charge in [-0.1, -0.05) is 6.04 Å². The minimum absolute atomic E-state index is 0. The zero-order chi connectivity index (χ0) is 4.24. The molecular weight excluding hydrogens is 215 g/mol. The van der Waals surface area contributed by atoms with Crippen LogP contribution in [-0.2, 0) is 0 Å². The minimum atomic E-state index is 0. The van der Waals surface area contributed by atoms with Gasteiger partial charge in [0.05, 0.1) is 28.4 Å². The van der Waals surface area contributed by atoms with Crippen LogP contribution in [0.5, 0.6) is 0 Å².